The quantitative estimate of drug-likeness (QED) is 0.195. The van der Waals surface area contributed by atoms with E-state index >= 15 is 0 Å². The summed E-state index contributed by atoms with van der Waals surface area (Å²) in [6.07, 6.45) is 2.42. The lowest BCUT2D eigenvalue weighted by Crippen LogP contribution is -2.07. The monoisotopic (exact) mass is 517 g/mol. The smallest absolute Gasteiger partial charge is 0.209 e. The van der Waals surface area contributed by atoms with Crippen molar-refractivity contribution in [3.05, 3.63) is 144 Å². The Morgan fingerprint density at radius 1 is 0.711 bits per heavy atom. The van der Waals surface area contributed by atoms with Crippen LogP contribution in [0.5, 0.6) is 0 Å². The Hall–Kier alpha value is -4.15. The van der Waals surface area contributed by atoms with Crippen LogP contribution in [0.2, 0.25) is 0 Å². The van der Waals surface area contributed by atoms with Gasteiger partial charge in [-0.15, -0.1) is 6.58 Å². The zero-order valence-corrected chi connectivity index (χ0v) is 22.6. The van der Waals surface area contributed by atoms with Crippen LogP contribution in [0.1, 0.15) is 22.4 Å². The van der Waals surface area contributed by atoms with E-state index in [1.807, 2.05) is 105 Å². The number of benzene rings is 4. The largest absolute Gasteiger partial charge is 0.339 e. The van der Waals surface area contributed by atoms with Gasteiger partial charge in [-0.3, -0.25) is 0 Å². The fourth-order valence-electron chi connectivity index (χ4n) is 4.94. The first-order valence-electron chi connectivity index (χ1n) is 12.7. The Balaban J connectivity index is 1.93. The van der Waals surface area contributed by atoms with E-state index in [2.05, 4.69) is 23.3 Å². The van der Waals surface area contributed by atoms with Crippen LogP contribution >= 0.6 is 0 Å². The molecule has 0 saturated carbocycles. The highest BCUT2D eigenvalue weighted by atomic mass is 32.2. The predicted molar refractivity (Wildman–Crippen MR) is 156 cm³/mol. The Bertz CT molecular complexity index is 1660. The van der Waals surface area contributed by atoms with Gasteiger partial charge in [0.25, 0.3) is 0 Å². The summed E-state index contributed by atoms with van der Waals surface area (Å²) in [6.45, 7) is 8.50. The Kier molecular flexibility index (Phi) is 7.17. The average Bonchev–Trinajstić information content (AvgIpc) is 3.25. The number of aromatic nitrogens is 1. The van der Waals surface area contributed by atoms with Crippen LogP contribution in [-0.2, 0) is 22.8 Å². The molecule has 3 nitrogen and oxygen atoms in total. The molecule has 0 aliphatic heterocycles. The van der Waals surface area contributed by atoms with E-state index in [-0.39, 0.29) is 4.90 Å². The van der Waals surface area contributed by atoms with Crippen molar-refractivity contribution in [2.45, 2.75) is 36.6 Å². The minimum absolute atomic E-state index is 0.288. The number of rotatable bonds is 8. The highest BCUT2D eigenvalue weighted by Crippen LogP contribution is 2.44. The van der Waals surface area contributed by atoms with Crippen LogP contribution in [0, 0.1) is 13.8 Å². The molecule has 1 heterocycles. The highest BCUT2D eigenvalue weighted by molar-refractivity contribution is 7.91. The van der Waals surface area contributed by atoms with E-state index in [0.717, 1.165) is 39.1 Å². The molecule has 5 aromatic rings. The minimum Gasteiger partial charge on any atom is -0.339 e. The van der Waals surface area contributed by atoms with Crippen LogP contribution in [0.15, 0.2) is 132 Å². The molecule has 0 saturated heterocycles. The zero-order valence-electron chi connectivity index (χ0n) is 21.8. The number of nitrogens with zero attached hydrogens (tertiary/aromatic N) is 1. The molecule has 5 rings (SSSR count). The number of hydrogen-bond acceptors (Lipinski definition) is 2. The normalized spacial score (nSPS) is 11.4. The van der Waals surface area contributed by atoms with Crippen molar-refractivity contribution in [2.24, 2.45) is 0 Å². The van der Waals surface area contributed by atoms with Crippen molar-refractivity contribution in [3.63, 3.8) is 0 Å². The van der Waals surface area contributed by atoms with E-state index in [9.17, 15) is 8.42 Å². The molecule has 38 heavy (non-hydrogen) atoms. The molecule has 0 N–H and O–H groups in total. The summed E-state index contributed by atoms with van der Waals surface area (Å²) in [7, 11) is -3.89. The van der Waals surface area contributed by atoms with E-state index in [1.165, 1.54) is 0 Å². The molecule has 4 aromatic carbocycles. The molecule has 4 heteroatoms. The van der Waals surface area contributed by atoms with Gasteiger partial charge in [0.2, 0.25) is 9.84 Å². The van der Waals surface area contributed by atoms with E-state index in [1.54, 1.807) is 12.1 Å². The highest BCUT2D eigenvalue weighted by Gasteiger charge is 2.33. The molecule has 0 aliphatic rings. The lowest BCUT2D eigenvalue weighted by molar-refractivity contribution is 0.596. The van der Waals surface area contributed by atoms with Crippen molar-refractivity contribution in [1.82, 2.24) is 4.57 Å². The molecule has 190 valence electrons. The van der Waals surface area contributed by atoms with Gasteiger partial charge in [0, 0.05) is 24.2 Å². The maximum Gasteiger partial charge on any atom is 0.209 e. The van der Waals surface area contributed by atoms with Gasteiger partial charge < -0.3 is 4.57 Å². The summed E-state index contributed by atoms with van der Waals surface area (Å²) in [5.41, 5.74) is 7.37. The van der Waals surface area contributed by atoms with E-state index in [4.69, 9.17) is 0 Å². The lowest BCUT2D eigenvalue weighted by Gasteiger charge is -2.13. The van der Waals surface area contributed by atoms with Crippen LogP contribution in [0.3, 0.4) is 0 Å². The van der Waals surface area contributed by atoms with Gasteiger partial charge in [-0.1, -0.05) is 114 Å². The fourth-order valence-corrected chi connectivity index (χ4v) is 6.66. The maximum atomic E-state index is 14.6. The molecule has 0 unspecified atom stereocenters. The molecule has 0 fully saturated rings. The number of aryl methyl sites for hydroxylation is 2. The lowest BCUT2D eigenvalue weighted by atomic mass is 10.00. The van der Waals surface area contributed by atoms with Gasteiger partial charge in [0.15, 0.2) is 0 Å². The molecule has 0 amide bonds. The summed E-state index contributed by atoms with van der Waals surface area (Å²) < 4.78 is 31.3. The molecule has 1 aromatic heterocycles. The Morgan fingerprint density at radius 2 is 1.26 bits per heavy atom. The van der Waals surface area contributed by atoms with Gasteiger partial charge in [-0.05, 0) is 42.7 Å². The van der Waals surface area contributed by atoms with Crippen LogP contribution in [0.4, 0.5) is 0 Å². The molecule has 0 spiro atoms. The third kappa shape index (κ3) is 4.88. The molecule has 0 atom stereocenters. The van der Waals surface area contributed by atoms with Crippen molar-refractivity contribution in [1.29, 1.82) is 0 Å². The van der Waals surface area contributed by atoms with Crippen LogP contribution in [-0.4, -0.2) is 13.0 Å². The minimum atomic E-state index is -3.89. The number of sulfone groups is 1. The first-order valence-corrected chi connectivity index (χ1v) is 14.2. The van der Waals surface area contributed by atoms with Gasteiger partial charge in [0.1, 0.15) is 4.90 Å². The van der Waals surface area contributed by atoms with Crippen LogP contribution < -0.4 is 0 Å². The summed E-state index contributed by atoms with van der Waals surface area (Å²) >= 11 is 0. The van der Waals surface area contributed by atoms with E-state index in [0.29, 0.717) is 23.6 Å². The van der Waals surface area contributed by atoms with Gasteiger partial charge in [0.05, 0.1) is 10.6 Å². The molecular weight excluding hydrogens is 486 g/mol. The van der Waals surface area contributed by atoms with Gasteiger partial charge >= 0.3 is 0 Å². The molecular formula is C34H31NO2S. The molecule has 0 radical (unpaired) electrons. The van der Waals surface area contributed by atoms with Crippen molar-refractivity contribution >= 4 is 9.84 Å². The summed E-state index contributed by atoms with van der Waals surface area (Å²) in [5.74, 6) is 0. The average molecular weight is 518 g/mol. The third-order valence-electron chi connectivity index (χ3n) is 6.84. The predicted octanol–water partition coefficient (Wildman–Crippen LogP) is 8.05. The maximum absolute atomic E-state index is 14.6. The van der Waals surface area contributed by atoms with Gasteiger partial charge in [-0.2, -0.15) is 0 Å². The second-order valence-electron chi connectivity index (χ2n) is 9.61. The first kappa shape index (κ1) is 25.5. The first-order chi connectivity index (χ1) is 18.4. The fraction of sp³-hybridized carbons (Fsp3) is 0.118. The van der Waals surface area contributed by atoms with Gasteiger partial charge in [-0.25, -0.2) is 8.42 Å². The van der Waals surface area contributed by atoms with Crippen LogP contribution in [0.25, 0.3) is 22.4 Å². The summed E-state index contributed by atoms with van der Waals surface area (Å²) in [4.78, 5) is 0.625. The summed E-state index contributed by atoms with van der Waals surface area (Å²) in [5, 5.41) is 0. The molecule has 0 aliphatic carbocycles. The number of hydrogen-bond donors (Lipinski definition) is 0. The standard InChI is InChI=1S/C34H31NO2S/c1-4-23-35-31(24-27-11-7-5-8-12-27)32(28-19-15-25(2)16-20-28)34(33(35)29-13-9-6-10-14-29)38(36,37)30-21-17-26(3)18-22-30/h4-22H,1,23-24H2,2-3H3. The Labute approximate surface area is 225 Å². The third-order valence-corrected chi connectivity index (χ3v) is 8.67. The number of allylic oxidation sites excluding steroid dienone is 1. The molecule has 0 bridgehead atoms. The SMILES string of the molecule is C=CCn1c(Cc2ccccc2)c(-c2ccc(C)cc2)c(S(=O)(=O)c2ccc(C)cc2)c1-c1ccccc1. The van der Waals surface area contributed by atoms with Crippen molar-refractivity contribution in [2.75, 3.05) is 0 Å². The second kappa shape index (κ2) is 10.7. The Morgan fingerprint density at radius 3 is 1.84 bits per heavy atom. The second-order valence-corrected chi connectivity index (χ2v) is 11.5. The summed E-state index contributed by atoms with van der Waals surface area (Å²) in [6, 6.07) is 35.3. The zero-order chi connectivity index (χ0) is 26.7. The topological polar surface area (TPSA) is 39.1 Å². The van der Waals surface area contributed by atoms with Crippen molar-refractivity contribution < 1.29 is 8.42 Å². The van der Waals surface area contributed by atoms with E-state index < -0.39 is 9.84 Å². The van der Waals surface area contributed by atoms with Crippen molar-refractivity contribution in [3.8, 4) is 22.4 Å².